The Hall–Kier alpha value is -2.08. The first-order valence-electron chi connectivity index (χ1n) is 8.98. The van der Waals surface area contributed by atoms with Crippen molar-refractivity contribution in [2.45, 2.75) is 44.6 Å². The van der Waals surface area contributed by atoms with Crippen LogP contribution in [0.4, 0.5) is 5.69 Å². The van der Waals surface area contributed by atoms with Crippen LogP contribution < -0.4 is 15.4 Å². The van der Waals surface area contributed by atoms with E-state index in [-0.39, 0.29) is 18.4 Å². The second kappa shape index (κ2) is 10.0. The van der Waals surface area contributed by atoms with Crippen LogP contribution in [0.5, 0.6) is 5.75 Å². The quantitative estimate of drug-likeness (QED) is 0.758. The predicted molar refractivity (Wildman–Crippen MR) is 98.8 cm³/mol. The molecule has 0 radical (unpaired) electrons. The standard InChI is InChI=1S/C19H29N3O3/c1-22(13-12-18(23)20-15-6-4-3-5-7-15)14-19(24)21-16-8-10-17(25-2)11-9-16/h8-11,15H,3-7,12-14H2,1-2H3,(H,20,23)(H,21,24). The van der Waals surface area contributed by atoms with Gasteiger partial charge in [-0.1, -0.05) is 19.3 Å². The number of benzene rings is 1. The van der Waals surface area contributed by atoms with Crippen LogP contribution in [-0.4, -0.2) is 50.0 Å². The summed E-state index contributed by atoms with van der Waals surface area (Å²) in [7, 11) is 3.45. The number of ether oxygens (including phenoxy) is 1. The summed E-state index contributed by atoms with van der Waals surface area (Å²) in [5.41, 5.74) is 0.731. The molecule has 0 unspecified atom stereocenters. The molecule has 138 valence electrons. The van der Waals surface area contributed by atoms with Crippen molar-refractivity contribution in [2.75, 3.05) is 32.6 Å². The molecule has 6 heteroatoms. The summed E-state index contributed by atoms with van der Waals surface area (Å²) >= 11 is 0. The van der Waals surface area contributed by atoms with Gasteiger partial charge in [-0.25, -0.2) is 0 Å². The van der Waals surface area contributed by atoms with Gasteiger partial charge in [0, 0.05) is 24.7 Å². The summed E-state index contributed by atoms with van der Waals surface area (Å²) in [5.74, 6) is 0.730. The van der Waals surface area contributed by atoms with Gasteiger partial charge in [0.2, 0.25) is 11.8 Å². The maximum Gasteiger partial charge on any atom is 0.238 e. The van der Waals surface area contributed by atoms with Crippen LogP contribution in [0.15, 0.2) is 24.3 Å². The van der Waals surface area contributed by atoms with E-state index >= 15 is 0 Å². The lowest BCUT2D eigenvalue weighted by atomic mass is 9.95. The van der Waals surface area contributed by atoms with Crippen molar-refractivity contribution >= 4 is 17.5 Å². The number of likely N-dealkylation sites (N-methyl/N-ethyl adjacent to an activating group) is 1. The Bertz CT molecular complexity index is 554. The van der Waals surface area contributed by atoms with E-state index in [0.717, 1.165) is 24.3 Å². The highest BCUT2D eigenvalue weighted by Gasteiger charge is 2.16. The van der Waals surface area contributed by atoms with Gasteiger partial charge in [0.1, 0.15) is 5.75 Å². The Morgan fingerprint density at radius 3 is 2.44 bits per heavy atom. The number of hydrogen-bond acceptors (Lipinski definition) is 4. The molecule has 25 heavy (non-hydrogen) atoms. The van der Waals surface area contributed by atoms with E-state index in [2.05, 4.69) is 10.6 Å². The number of amides is 2. The molecular weight excluding hydrogens is 318 g/mol. The van der Waals surface area contributed by atoms with Crippen LogP contribution in [-0.2, 0) is 9.59 Å². The van der Waals surface area contributed by atoms with E-state index in [9.17, 15) is 9.59 Å². The third-order valence-electron chi connectivity index (χ3n) is 4.48. The second-order valence-electron chi connectivity index (χ2n) is 6.67. The largest absolute Gasteiger partial charge is 0.497 e. The topological polar surface area (TPSA) is 70.7 Å². The monoisotopic (exact) mass is 347 g/mol. The van der Waals surface area contributed by atoms with Gasteiger partial charge in [0.15, 0.2) is 0 Å². The van der Waals surface area contributed by atoms with Crippen molar-refractivity contribution < 1.29 is 14.3 Å². The summed E-state index contributed by atoms with van der Waals surface area (Å²) < 4.78 is 5.09. The van der Waals surface area contributed by atoms with E-state index in [4.69, 9.17) is 4.74 Å². The van der Waals surface area contributed by atoms with E-state index in [1.807, 2.05) is 11.9 Å². The molecule has 0 aliphatic heterocycles. The Labute approximate surface area is 149 Å². The average molecular weight is 347 g/mol. The molecule has 1 aliphatic rings. The molecule has 1 aliphatic carbocycles. The summed E-state index contributed by atoms with van der Waals surface area (Å²) in [6, 6.07) is 7.54. The van der Waals surface area contributed by atoms with Gasteiger partial charge in [-0.05, 0) is 44.2 Å². The Morgan fingerprint density at radius 2 is 1.80 bits per heavy atom. The van der Waals surface area contributed by atoms with E-state index in [1.54, 1.807) is 31.4 Å². The molecule has 0 heterocycles. The van der Waals surface area contributed by atoms with Crippen LogP contribution in [0.25, 0.3) is 0 Å². The molecule has 1 fully saturated rings. The number of carbonyl (C=O) groups is 2. The van der Waals surface area contributed by atoms with Gasteiger partial charge in [0.05, 0.1) is 13.7 Å². The summed E-state index contributed by atoms with van der Waals surface area (Å²) in [5, 5.41) is 5.94. The molecule has 0 aromatic heterocycles. The number of carbonyl (C=O) groups excluding carboxylic acids is 2. The molecule has 2 N–H and O–H groups in total. The van der Waals surface area contributed by atoms with Crippen LogP contribution in [0.2, 0.25) is 0 Å². The maximum absolute atomic E-state index is 12.1. The number of rotatable bonds is 8. The summed E-state index contributed by atoms with van der Waals surface area (Å²) in [6.07, 6.45) is 6.28. The minimum absolute atomic E-state index is 0.0781. The second-order valence-corrected chi connectivity index (χ2v) is 6.67. The fourth-order valence-corrected chi connectivity index (χ4v) is 3.04. The molecule has 6 nitrogen and oxygen atoms in total. The molecule has 2 rings (SSSR count). The van der Waals surface area contributed by atoms with Crippen molar-refractivity contribution in [3.05, 3.63) is 24.3 Å². The minimum atomic E-state index is -0.0969. The minimum Gasteiger partial charge on any atom is -0.497 e. The number of hydrogen-bond donors (Lipinski definition) is 2. The molecule has 1 saturated carbocycles. The summed E-state index contributed by atoms with van der Waals surface area (Å²) in [4.78, 5) is 25.9. The van der Waals surface area contributed by atoms with Crippen LogP contribution in [0, 0.1) is 0 Å². The molecule has 1 aromatic rings. The lowest BCUT2D eigenvalue weighted by molar-refractivity contribution is -0.123. The number of anilines is 1. The predicted octanol–water partition coefficient (Wildman–Crippen LogP) is 2.40. The van der Waals surface area contributed by atoms with Crippen molar-refractivity contribution in [2.24, 2.45) is 0 Å². The third-order valence-corrected chi connectivity index (χ3v) is 4.48. The number of nitrogens with one attached hydrogen (secondary N) is 2. The smallest absolute Gasteiger partial charge is 0.238 e. The van der Waals surface area contributed by atoms with E-state index < -0.39 is 0 Å². The molecule has 0 saturated heterocycles. The molecular formula is C19H29N3O3. The molecule has 1 aromatic carbocycles. The van der Waals surface area contributed by atoms with Gasteiger partial charge in [0.25, 0.3) is 0 Å². The highest BCUT2D eigenvalue weighted by atomic mass is 16.5. The van der Waals surface area contributed by atoms with Crippen molar-refractivity contribution in [3.63, 3.8) is 0 Å². The molecule has 2 amide bonds. The SMILES string of the molecule is COc1ccc(NC(=O)CN(C)CCC(=O)NC2CCCCC2)cc1. The zero-order valence-corrected chi connectivity index (χ0v) is 15.2. The number of methoxy groups -OCH3 is 1. The normalized spacial score (nSPS) is 15.0. The maximum atomic E-state index is 12.1. The van der Waals surface area contributed by atoms with Gasteiger partial charge < -0.3 is 15.4 Å². The van der Waals surface area contributed by atoms with Gasteiger partial charge in [-0.15, -0.1) is 0 Å². The average Bonchev–Trinajstić information content (AvgIpc) is 2.61. The molecule has 0 atom stereocenters. The number of nitrogens with zero attached hydrogens (tertiary/aromatic N) is 1. The first-order chi connectivity index (χ1) is 12.1. The fourth-order valence-electron chi connectivity index (χ4n) is 3.04. The fraction of sp³-hybridized carbons (Fsp3) is 0.579. The van der Waals surface area contributed by atoms with Gasteiger partial charge in [-0.2, -0.15) is 0 Å². The first kappa shape index (κ1) is 19.2. The van der Waals surface area contributed by atoms with Crippen molar-refractivity contribution in [1.29, 1.82) is 0 Å². The van der Waals surface area contributed by atoms with Crippen LogP contribution >= 0.6 is 0 Å². The zero-order chi connectivity index (χ0) is 18.1. The van der Waals surface area contributed by atoms with E-state index in [1.165, 1.54) is 19.3 Å². The van der Waals surface area contributed by atoms with Crippen LogP contribution in [0.3, 0.4) is 0 Å². The third kappa shape index (κ3) is 7.13. The Balaban J connectivity index is 1.65. The highest BCUT2D eigenvalue weighted by Crippen LogP contribution is 2.17. The lowest BCUT2D eigenvalue weighted by Gasteiger charge is -2.23. The summed E-state index contributed by atoms with van der Waals surface area (Å²) in [6.45, 7) is 0.817. The van der Waals surface area contributed by atoms with Gasteiger partial charge >= 0.3 is 0 Å². The molecule has 0 spiro atoms. The highest BCUT2D eigenvalue weighted by molar-refractivity contribution is 5.92. The van der Waals surface area contributed by atoms with Crippen molar-refractivity contribution in [1.82, 2.24) is 10.2 Å². The lowest BCUT2D eigenvalue weighted by Crippen LogP contribution is -2.38. The van der Waals surface area contributed by atoms with E-state index in [0.29, 0.717) is 19.0 Å². The van der Waals surface area contributed by atoms with Crippen molar-refractivity contribution in [3.8, 4) is 5.75 Å². The zero-order valence-electron chi connectivity index (χ0n) is 15.2. The Kier molecular flexibility index (Phi) is 7.73. The molecule has 0 bridgehead atoms. The Morgan fingerprint density at radius 1 is 1.12 bits per heavy atom. The first-order valence-corrected chi connectivity index (χ1v) is 8.98. The van der Waals surface area contributed by atoms with Gasteiger partial charge in [-0.3, -0.25) is 14.5 Å². The van der Waals surface area contributed by atoms with Crippen LogP contribution in [0.1, 0.15) is 38.5 Å².